The normalized spacial score (nSPS) is 31.5. The van der Waals surface area contributed by atoms with Gasteiger partial charge in [0.05, 0.1) is 6.10 Å². The standard InChI is InChI=1S/C13H24N2O2/c14-11-3-1-2-10(8-11)9-13(17)15-6-4-12(16)5-7-15/h10-12,16H,1-9,14H2. The van der Waals surface area contributed by atoms with Crippen LogP contribution in [-0.4, -0.2) is 41.1 Å². The Morgan fingerprint density at radius 2 is 1.94 bits per heavy atom. The molecule has 98 valence electrons. The van der Waals surface area contributed by atoms with Crippen LogP contribution in [0.2, 0.25) is 0 Å². The Morgan fingerprint density at radius 3 is 2.59 bits per heavy atom. The Kier molecular flexibility index (Phi) is 4.40. The number of piperidine rings is 1. The summed E-state index contributed by atoms with van der Waals surface area (Å²) in [7, 11) is 0. The van der Waals surface area contributed by atoms with Gasteiger partial charge in [-0.15, -0.1) is 0 Å². The molecule has 17 heavy (non-hydrogen) atoms. The molecule has 2 rings (SSSR count). The fraction of sp³-hybridized carbons (Fsp3) is 0.923. The highest BCUT2D eigenvalue weighted by Crippen LogP contribution is 2.26. The van der Waals surface area contributed by atoms with Crippen molar-refractivity contribution in [3.05, 3.63) is 0 Å². The van der Waals surface area contributed by atoms with Gasteiger partial charge in [-0.2, -0.15) is 0 Å². The van der Waals surface area contributed by atoms with E-state index in [4.69, 9.17) is 5.73 Å². The van der Waals surface area contributed by atoms with Crippen LogP contribution in [-0.2, 0) is 4.79 Å². The average Bonchev–Trinajstić information content (AvgIpc) is 2.29. The summed E-state index contributed by atoms with van der Waals surface area (Å²) in [5.41, 5.74) is 5.94. The van der Waals surface area contributed by atoms with Gasteiger partial charge in [0.15, 0.2) is 0 Å². The van der Waals surface area contributed by atoms with Gasteiger partial charge >= 0.3 is 0 Å². The number of hydrogen-bond donors (Lipinski definition) is 2. The van der Waals surface area contributed by atoms with Gasteiger partial charge in [0.2, 0.25) is 5.91 Å². The second-order valence-electron chi connectivity index (χ2n) is 5.61. The molecule has 2 aliphatic rings. The van der Waals surface area contributed by atoms with Gasteiger partial charge in [0.25, 0.3) is 0 Å². The van der Waals surface area contributed by atoms with Gasteiger partial charge in [-0.1, -0.05) is 6.42 Å². The Balaban J connectivity index is 1.76. The van der Waals surface area contributed by atoms with Gasteiger partial charge in [-0.3, -0.25) is 4.79 Å². The highest BCUT2D eigenvalue weighted by molar-refractivity contribution is 5.76. The summed E-state index contributed by atoms with van der Waals surface area (Å²) in [6.07, 6.45) is 6.34. The van der Waals surface area contributed by atoms with E-state index >= 15 is 0 Å². The largest absolute Gasteiger partial charge is 0.393 e. The number of nitrogens with two attached hydrogens (primary N) is 1. The fourth-order valence-electron chi connectivity index (χ4n) is 3.01. The lowest BCUT2D eigenvalue weighted by atomic mass is 9.84. The van der Waals surface area contributed by atoms with Gasteiger partial charge in [0.1, 0.15) is 0 Å². The number of aliphatic hydroxyl groups excluding tert-OH is 1. The van der Waals surface area contributed by atoms with Crippen LogP contribution < -0.4 is 5.73 Å². The van der Waals surface area contributed by atoms with Crippen molar-refractivity contribution in [3.8, 4) is 0 Å². The number of carbonyl (C=O) groups excluding carboxylic acids is 1. The molecule has 1 saturated heterocycles. The van der Waals surface area contributed by atoms with E-state index in [1.165, 1.54) is 0 Å². The number of likely N-dealkylation sites (tertiary alicyclic amines) is 1. The summed E-state index contributed by atoms with van der Waals surface area (Å²) >= 11 is 0. The Bertz CT molecular complexity index is 262. The van der Waals surface area contributed by atoms with E-state index in [1.807, 2.05) is 4.90 Å². The van der Waals surface area contributed by atoms with Crippen LogP contribution in [0.4, 0.5) is 0 Å². The van der Waals surface area contributed by atoms with Crippen molar-refractivity contribution in [1.82, 2.24) is 4.90 Å². The lowest BCUT2D eigenvalue weighted by Gasteiger charge is -2.32. The third-order valence-electron chi connectivity index (χ3n) is 4.10. The van der Waals surface area contributed by atoms with E-state index in [0.717, 1.165) is 51.6 Å². The van der Waals surface area contributed by atoms with Crippen molar-refractivity contribution in [1.29, 1.82) is 0 Å². The molecule has 2 unspecified atom stereocenters. The van der Waals surface area contributed by atoms with E-state index in [2.05, 4.69) is 0 Å². The van der Waals surface area contributed by atoms with Crippen LogP contribution in [0.5, 0.6) is 0 Å². The first-order valence-electron chi connectivity index (χ1n) is 6.86. The maximum Gasteiger partial charge on any atom is 0.222 e. The second-order valence-corrected chi connectivity index (χ2v) is 5.61. The van der Waals surface area contributed by atoms with Gasteiger partial charge in [-0.05, 0) is 38.0 Å². The SMILES string of the molecule is NC1CCCC(CC(=O)N2CCC(O)CC2)C1. The van der Waals surface area contributed by atoms with Crippen LogP contribution >= 0.6 is 0 Å². The Morgan fingerprint density at radius 1 is 1.24 bits per heavy atom. The first-order chi connectivity index (χ1) is 8.15. The van der Waals surface area contributed by atoms with Crippen molar-refractivity contribution in [3.63, 3.8) is 0 Å². The summed E-state index contributed by atoms with van der Waals surface area (Å²) in [5, 5.41) is 9.41. The highest BCUT2D eigenvalue weighted by atomic mass is 16.3. The summed E-state index contributed by atoms with van der Waals surface area (Å²) in [6, 6.07) is 0.296. The van der Waals surface area contributed by atoms with Crippen molar-refractivity contribution in [2.45, 2.75) is 57.1 Å². The van der Waals surface area contributed by atoms with Crippen LogP contribution in [0, 0.1) is 5.92 Å². The van der Waals surface area contributed by atoms with E-state index in [1.54, 1.807) is 0 Å². The zero-order valence-electron chi connectivity index (χ0n) is 10.5. The molecule has 2 fully saturated rings. The maximum atomic E-state index is 12.1. The van der Waals surface area contributed by atoms with E-state index in [9.17, 15) is 9.90 Å². The predicted octanol–water partition coefficient (Wildman–Crippen LogP) is 0.877. The zero-order valence-corrected chi connectivity index (χ0v) is 10.5. The first kappa shape index (κ1) is 12.8. The van der Waals surface area contributed by atoms with Crippen LogP contribution in [0.25, 0.3) is 0 Å². The van der Waals surface area contributed by atoms with Gasteiger partial charge in [0, 0.05) is 25.6 Å². The summed E-state index contributed by atoms with van der Waals surface area (Å²) in [5.74, 6) is 0.745. The Hall–Kier alpha value is -0.610. The fourth-order valence-corrected chi connectivity index (χ4v) is 3.01. The van der Waals surface area contributed by atoms with Crippen molar-refractivity contribution in [2.24, 2.45) is 11.7 Å². The van der Waals surface area contributed by atoms with Crippen molar-refractivity contribution >= 4 is 5.91 Å². The third-order valence-corrected chi connectivity index (χ3v) is 4.10. The minimum atomic E-state index is -0.206. The van der Waals surface area contributed by atoms with Crippen molar-refractivity contribution < 1.29 is 9.90 Å². The molecule has 1 amide bonds. The average molecular weight is 240 g/mol. The molecule has 1 saturated carbocycles. The van der Waals surface area contributed by atoms with Crippen LogP contribution in [0.3, 0.4) is 0 Å². The molecule has 0 radical (unpaired) electrons. The van der Waals surface area contributed by atoms with Gasteiger partial charge in [-0.25, -0.2) is 0 Å². The summed E-state index contributed by atoms with van der Waals surface area (Å²) < 4.78 is 0. The molecule has 4 nitrogen and oxygen atoms in total. The monoisotopic (exact) mass is 240 g/mol. The molecular weight excluding hydrogens is 216 g/mol. The molecule has 1 heterocycles. The molecule has 0 aromatic heterocycles. The second kappa shape index (κ2) is 5.83. The molecule has 4 heteroatoms. The van der Waals surface area contributed by atoms with Crippen LogP contribution in [0.1, 0.15) is 44.9 Å². The molecule has 0 aromatic rings. The molecule has 2 atom stereocenters. The number of hydrogen-bond acceptors (Lipinski definition) is 3. The number of nitrogens with zero attached hydrogens (tertiary/aromatic N) is 1. The molecular formula is C13H24N2O2. The molecule has 0 aromatic carbocycles. The third kappa shape index (κ3) is 3.68. The quantitative estimate of drug-likeness (QED) is 0.753. The lowest BCUT2D eigenvalue weighted by Crippen LogP contribution is -2.41. The minimum Gasteiger partial charge on any atom is -0.393 e. The molecule has 3 N–H and O–H groups in total. The zero-order chi connectivity index (χ0) is 12.3. The molecule has 1 aliphatic carbocycles. The van der Waals surface area contributed by atoms with Crippen LogP contribution in [0.15, 0.2) is 0 Å². The maximum absolute atomic E-state index is 12.1. The summed E-state index contributed by atoms with van der Waals surface area (Å²) in [6.45, 7) is 1.44. The predicted molar refractivity (Wildman–Crippen MR) is 66.4 cm³/mol. The van der Waals surface area contributed by atoms with Gasteiger partial charge < -0.3 is 15.7 Å². The first-order valence-corrected chi connectivity index (χ1v) is 6.86. The summed E-state index contributed by atoms with van der Waals surface area (Å²) in [4.78, 5) is 14.0. The smallest absolute Gasteiger partial charge is 0.222 e. The number of carbonyl (C=O) groups is 1. The minimum absolute atomic E-state index is 0.206. The lowest BCUT2D eigenvalue weighted by molar-refractivity contribution is -0.134. The molecule has 1 aliphatic heterocycles. The molecule has 0 bridgehead atoms. The van der Waals surface area contributed by atoms with E-state index in [-0.39, 0.29) is 12.0 Å². The highest BCUT2D eigenvalue weighted by Gasteiger charge is 2.26. The number of rotatable bonds is 2. The van der Waals surface area contributed by atoms with Crippen molar-refractivity contribution in [2.75, 3.05) is 13.1 Å². The topological polar surface area (TPSA) is 66.6 Å². The van der Waals surface area contributed by atoms with E-state index < -0.39 is 0 Å². The Labute approximate surface area is 103 Å². The molecule has 0 spiro atoms. The van der Waals surface area contributed by atoms with E-state index in [0.29, 0.717) is 18.4 Å². The number of aliphatic hydroxyl groups is 1. The number of amides is 1.